The van der Waals surface area contributed by atoms with Gasteiger partial charge in [0.15, 0.2) is 0 Å². The number of aryl methyl sites for hydroxylation is 2. The Morgan fingerprint density at radius 2 is 1.03 bits per heavy atom. The summed E-state index contributed by atoms with van der Waals surface area (Å²) in [5, 5.41) is 0. The van der Waals surface area contributed by atoms with Crippen molar-refractivity contribution in [3.8, 4) is 11.5 Å². The van der Waals surface area contributed by atoms with Crippen LogP contribution in [0.15, 0.2) is 24.3 Å². The molecule has 0 spiro atoms. The summed E-state index contributed by atoms with van der Waals surface area (Å²) in [4.78, 5) is 14.0. The van der Waals surface area contributed by atoms with Gasteiger partial charge in [-0.15, -0.1) is 0 Å². The van der Waals surface area contributed by atoms with Crippen molar-refractivity contribution in [2.24, 2.45) is 0 Å². The third-order valence-corrected chi connectivity index (χ3v) is 8.29. The molecular formula is C34H50O4. The summed E-state index contributed by atoms with van der Waals surface area (Å²) in [5.41, 5.74) is 5.06. The Morgan fingerprint density at radius 3 is 1.34 bits per heavy atom. The zero-order chi connectivity index (χ0) is 28.3. The van der Waals surface area contributed by atoms with Gasteiger partial charge in [-0.1, -0.05) is 91.5 Å². The summed E-state index contributed by atoms with van der Waals surface area (Å²) in [6.45, 7) is 15.3. The molecule has 4 bridgehead atoms. The summed E-state index contributed by atoms with van der Waals surface area (Å²) >= 11 is 0. The van der Waals surface area contributed by atoms with Crippen LogP contribution in [0.5, 0.6) is 11.5 Å². The van der Waals surface area contributed by atoms with Gasteiger partial charge in [0.2, 0.25) is 0 Å². The number of ether oxygens (including phenoxy) is 3. The first-order chi connectivity index (χ1) is 17.8. The Labute approximate surface area is 231 Å². The molecule has 3 rings (SSSR count). The van der Waals surface area contributed by atoms with Gasteiger partial charge in [-0.3, -0.25) is 4.79 Å². The number of hydrogen-bond donors (Lipinski definition) is 0. The number of hydrogen-bond acceptors (Lipinski definition) is 4. The van der Waals surface area contributed by atoms with E-state index in [0.717, 1.165) is 59.4 Å². The van der Waals surface area contributed by atoms with Crippen LogP contribution in [0.25, 0.3) is 0 Å². The van der Waals surface area contributed by atoms with Gasteiger partial charge in [0.1, 0.15) is 16.9 Å². The topological polar surface area (TPSA) is 44.8 Å². The lowest BCUT2D eigenvalue weighted by Gasteiger charge is -2.35. The van der Waals surface area contributed by atoms with Crippen LogP contribution in [-0.2, 0) is 38.6 Å². The lowest BCUT2D eigenvalue weighted by Crippen LogP contribution is -2.37. The molecule has 0 fully saturated rings. The van der Waals surface area contributed by atoms with Gasteiger partial charge in [-0.25, -0.2) is 0 Å². The SMILES string of the molecule is COC(=O)C1(C)c2cc(C(C)(C)C)cc(c2OC)CCCCCCCCc2cc(C(C)(C)C)cc1c2OC. The fourth-order valence-corrected chi connectivity index (χ4v) is 5.75. The van der Waals surface area contributed by atoms with Crippen LogP contribution >= 0.6 is 0 Å². The third kappa shape index (κ3) is 6.05. The van der Waals surface area contributed by atoms with E-state index in [1.165, 1.54) is 43.9 Å². The average molecular weight is 523 g/mol. The van der Waals surface area contributed by atoms with Crippen molar-refractivity contribution in [2.45, 2.75) is 116 Å². The van der Waals surface area contributed by atoms with Crippen molar-refractivity contribution < 1.29 is 19.0 Å². The minimum Gasteiger partial charge on any atom is -0.496 e. The molecule has 1 aliphatic carbocycles. The number of methoxy groups -OCH3 is 3. The Kier molecular flexibility index (Phi) is 9.27. The van der Waals surface area contributed by atoms with Gasteiger partial charge in [-0.05, 0) is 65.7 Å². The first kappa shape index (κ1) is 30.1. The maximum Gasteiger partial charge on any atom is 0.320 e. The highest BCUT2D eigenvalue weighted by Gasteiger charge is 2.45. The fourth-order valence-electron chi connectivity index (χ4n) is 5.75. The third-order valence-electron chi connectivity index (χ3n) is 8.29. The lowest BCUT2D eigenvalue weighted by molar-refractivity contribution is -0.145. The maximum atomic E-state index is 14.0. The fraction of sp³-hybridized carbons (Fsp3) is 0.618. The van der Waals surface area contributed by atoms with Crippen LogP contribution in [-0.4, -0.2) is 27.3 Å². The van der Waals surface area contributed by atoms with E-state index in [4.69, 9.17) is 14.2 Å². The Bertz CT molecular complexity index is 1050. The molecule has 210 valence electrons. The molecule has 2 aromatic rings. The summed E-state index contributed by atoms with van der Waals surface area (Å²) in [7, 11) is 4.92. The quantitative estimate of drug-likeness (QED) is 0.381. The summed E-state index contributed by atoms with van der Waals surface area (Å²) in [5.74, 6) is 1.25. The van der Waals surface area contributed by atoms with Gasteiger partial charge >= 0.3 is 5.97 Å². The van der Waals surface area contributed by atoms with Gasteiger partial charge in [0.25, 0.3) is 0 Å². The highest BCUT2D eigenvalue weighted by atomic mass is 16.5. The highest BCUT2D eigenvalue weighted by Crippen LogP contribution is 2.48. The van der Waals surface area contributed by atoms with Crippen molar-refractivity contribution in [1.82, 2.24) is 0 Å². The second kappa shape index (κ2) is 11.7. The van der Waals surface area contributed by atoms with Crippen LogP contribution in [0.1, 0.15) is 120 Å². The molecule has 0 saturated carbocycles. The molecular weight excluding hydrogens is 472 g/mol. The molecule has 0 amide bonds. The number of rotatable bonds is 3. The number of esters is 1. The van der Waals surface area contributed by atoms with Crippen LogP contribution in [0, 0.1) is 0 Å². The van der Waals surface area contributed by atoms with Gasteiger partial charge in [0.05, 0.1) is 21.3 Å². The van der Waals surface area contributed by atoms with E-state index in [0.29, 0.717) is 0 Å². The van der Waals surface area contributed by atoms with E-state index in [1.54, 1.807) is 14.2 Å². The van der Waals surface area contributed by atoms with Gasteiger partial charge < -0.3 is 14.2 Å². The first-order valence-corrected chi connectivity index (χ1v) is 14.3. The first-order valence-electron chi connectivity index (χ1n) is 14.3. The second-order valence-corrected chi connectivity index (χ2v) is 13.2. The minimum atomic E-state index is -1.13. The Hall–Kier alpha value is -2.49. The monoisotopic (exact) mass is 522 g/mol. The van der Waals surface area contributed by atoms with Crippen molar-refractivity contribution in [2.75, 3.05) is 21.3 Å². The molecule has 0 radical (unpaired) electrons. The summed E-state index contributed by atoms with van der Waals surface area (Å²) in [6, 6.07) is 8.90. The molecule has 4 heteroatoms. The van der Waals surface area contributed by atoms with Gasteiger partial charge in [0, 0.05) is 11.1 Å². The van der Waals surface area contributed by atoms with Crippen LogP contribution in [0.3, 0.4) is 0 Å². The second-order valence-electron chi connectivity index (χ2n) is 13.2. The highest BCUT2D eigenvalue weighted by molar-refractivity contribution is 5.90. The number of carbonyl (C=O) groups is 1. The molecule has 4 nitrogen and oxygen atoms in total. The molecule has 0 N–H and O–H groups in total. The number of carbonyl (C=O) groups excluding carboxylic acids is 1. The number of fused-ring (bicyclic) bond motifs is 4. The van der Waals surface area contributed by atoms with Crippen molar-refractivity contribution in [3.05, 3.63) is 57.6 Å². The molecule has 0 saturated heterocycles. The molecule has 0 heterocycles. The Balaban J connectivity index is 2.52. The predicted molar refractivity (Wildman–Crippen MR) is 157 cm³/mol. The van der Waals surface area contributed by atoms with Crippen molar-refractivity contribution in [3.63, 3.8) is 0 Å². The zero-order valence-electron chi connectivity index (χ0n) is 25.6. The van der Waals surface area contributed by atoms with E-state index in [1.807, 2.05) is 6.92 Å². The molecule has 2 aromatic carbocycles. The van der Waals surface area contributed by atoms with E-state index >= 15 is 0 Å². The predicted octanol–water partition coefficient (Wildman–Crippen LogP) is 8.22. The molecule has 1 aliphatic rings. The van der Waals surface area contributed by atoms with Crippen LogP contribution in [0.4, 0.5) is 0 Å². The van der Waals surface area contributed by atoms with E-state index in [9.17, 15) is 4.79 Å². The average Bonchev–Trinajstić information content (AvgIpc) is 2.86. The maximum absolute atomic E-state index is 14.0. The molecule has 0 atom stereocenters. The molecule has 38 heavy (non-hydrogen) atoms. The minimum absolute atomic E-state index is 0.0990. The number of benzene rings is 2. The largest absolute Gasteiger partial charge is 0.496 e. The van der Waals surface area contributed by atoms with E-state index in [-0.39, 0.29) is 16.8 Å². The molecule has 0 aliphatic heterocycles. The van der Waals surface area contributed by atoms with Crippen LogP contribution < -0.4 is 9.47 Å². The molecule has 0 unspecified atom stereocenters. The van der Waals surface area contributed by atoms with Crippen LogP contribution in [0.2, 0.25) is 0 Å². The van der Waals surface area contributed by atoms with Crippen molar-refractivity contribution in [1.29, 1.82) is 0 Å². The summed E-state index contributed by atoms with van der Waals surface area (Å²) in [6.07, 6.45) is 8.89. The Morgan fingerprint density at radius 1 is 0.658 bits per heavy atom. The normalized spacial score (nSPS) is 16.7. The molecule has 0 aromatic heterocycles. The van der Waals surface area contributed by atoms with E-state index in [2.05, 4.69) is 65.8 Å². The smallest absolute Gasteiger partial charge is 0.320 e. The van der Waals surface area contributed by atoms with Crippen molar-refractivity contribution >= 4 is 5.97 Å². The lowest BCUT2D eigenvalue weighted by atomic mass is 9.70. The standard InChI is InChI=1S/C34H50O4/c1-32(2,3)25-19-23-17-15-13-11-12-14-16-18-24-20-26(33(4,5)6)22-28(30(24)37-9)34(7,31(35)38-10)27(21-25)29(23)36-8/h19-22H,11-18H2,1-10H3. The van der Waals surface area contributed by atoms with Gasteiger partial charge in [-0.2, -0.15) is 0 Å². The zero-order valence-corrected chi connectivity index (χ0v) is 25.6. The van der Waals surface area contributed by atoms with E-state index < -0.39 is 5.41 Å². The summed E-state index contributed by atoms with van der Waals surface area (Å²) < 4.78 is 17.9.